The number of carbonyl (C=O) groups is 1. The van der Waals surface area contributed by atoms with E-state index in [1.807, 2.05) is 54.6 Å². The number of hydrogen-bond donors (Lipinski definition) is 2. The van der Waals surface area contributed by atoms with E-state index in [-0.39, 0.29) is 5.91 Å². The van der Waals surface area contributed by atoms with Crippen molar-refractivity contribution in [1.82, 2.24) is 4.98 Å². The molecule has 0 radical (unpaired) electrons. The lowest BCUT2D eigenvalue weighted by atomic mass is 10.0. The first-order chi connectivity index (χ1) is 12.1. The van der Waals surface area contributed by atoms with E-state index in [2.05, 4.69) is 35.5 Å². The van der Waals surface area contributed by atoms with E-state index in [0.29, 0.717) is 11.6 Å². The molecule has 1 heterocycles. The molecule has 4 nitrogen and oxygen atoms in total. The first-order valence-corrected chi connectivity index (χ1v) is 8.32. The molecule has 2 aromatic carbocycles. The highest BCUT2D eigenvalue weighted by atomic mass is 16.1. The summed E-state index contributed by atoms with van der Waals surface area (Å²) in [6.07, 6.45) is 1.68. The maximum atomic E-state index is 12.2. The second-order valence-electron chi connectivity index (χ2n) is 6.12. The van der Waals surface area contributed by atoms with E-state index < -0.39 is 0 Å². The molecule has 0 aliphatic heterocycles. The molecule has 25 heavy (non-hydrogen) atoms. The van der Waals surface area contributed by atoms with Crippen molar-refractivity contribution in [2.75, 3.05) is 10.6 Å². The van der Waals surface area contributed by atoms with E-state index in [1.54, 1.807) is 12.3 Å². The lowest BCUT2D eigenvalue weighted by Gasteiger charge is -2.14. The average molecular weight is 331 g/mol. The molecule has 0 saturated heterocycles. The van der Waals surface area contributed by atoms with Gasteiger partial charge in [0.05, 0.1) is 11.9 Å². The Morgan fingerprint density at radius 2 is 1.60 bits per heavy atom. The smallest absolute Gasteiger partial charge is 0.274 e. The van der Waals surface area contributed by atoms with Crippen molar-refractivity contribution in [3.05, 3.63) is 84.2 Å². The van der Waals surface area contributed by atoms with Crippen molar-refractivity contribution >= 4 is 23.0 Å². The van der Waals surface area contributed by atoms with Crippen molar-refractivity contribution in [1.29, 1.82) is 0 Å². The minimum atomic E-state index is -0.222. The van der Waals surface area contributed by atoms with Crippen LogP contribution in [0.3, 0.4) is 0 Å². The Hall–Kier alpha value is -3.14. The third-order valence-electron chi connectivity index (χ3n) is 3.89. The molecule has 3 rings (SSSR count). The Kier molecular flexibility index (Phi) is 5.09. The molecule has 0 unspecified atom stereocenters. The van der Waals surface area contributed by atoms with Gasteiger partial charge in [0.25, 0.3) is 5.91 Å². The molecule has 0 aliphatic carbocycles. The first-order valence-electron chi connectivity index (χ1n) is 8.32. The topological polar surface area (TPSA) is 54.0 Å². The zero-order valence-corrected chi connectivity index (χ0v) is 14.4. The number of aromatic nitrogens is 1. The molecule has 1 amide bonds. The molecule has 0 bridgehead atoms. The molecular formula is C21H21N3O. The predicted molar refractivity (Wildman–Crippen MR) is 102 cm³/mol. The summed E-state index contributed by atoms with van der Waals surface area (Å²) in [5.74, 6) is 0.202. The molecule has 0 aliphatic rings. The zero-order chi connectivity index (χ0) is 17.6. The molecule has 126 valence electrons. The lowest BCUT2D eigenvalue weighted by Crippen LogP contribution is -2.13. The summed E-state index contributed by atoms with van der Waals surface area (Å²) in [6.45, 7) is 4.32. The molecular weight excluding hydrogens is 310 g/mol. The first kappa shape index (κ1) is 16.7. The summed E-state index contributed by atoms with van der Waals surface area (Å²) in [5.41, 5.74) is 4.28. The van der Waals surface area contributed by atoms with Gasteiger partial charge in [0.2, 0.25) is 0 Å². The quantitative estimate of drug-likeness (QED) is 0.675. The van der Waals surface area contributed by atoms with Crippen LogP contribution in [0.1, 0.15) is 35.8 Å². The average Bonchev–Trinajstić information content (AvgIpc) is 2.63. The highest BCUT2D eigenvalue weighted by Gasteiger charge is 2.09. The van der Waals surface area contributed by atoms with Gasteiger partial charge in [-0.05, 0) is 41.8 Å². The van der Waals surface area contributed by atoms with Crippen LogP contribution in [0, 0.1) is 0 Å². The number of carbonyl (C=O) groups excluding carboxylic acids is 1. The Morgan fingerprint density at radius 1 is 0.880 bits per heavy atom. The number of nitrogens with one attached hydrogen (secondary N) is 2. The molecule has 1 aromatic heterocycles. The van der Waals surface area contributed by atoms with Gasteiger partial charge in [0.1, 0.15) is 5.69 Å². The predicted octanol–water partition coefficient (Wildman–Crippen LogP) is 5.20. The largest absolute Gasteiger partial charge is 0.354 e. The van der Waals surface area contributed by atoms with Crippen molar-refractivity contribution in [3.63, 3.8) is 0 Å². The Balaban J connectivity index is 1.71. The van der Waals surface area contributed by atoms with Crippen LogP contribution in [0.2, 0.25) is 0 Å². The van der Waals surface area contributed by atoms with E-state index in [4.69, 9.17) is 0 Å². The van der Waals surface area contributed by atoms with Gasteiger partial charge in [0.15, 0.2) is 0 Å². The summed E-state index contributed by atoms with van der Waals surface area (Å²) in [6, 6.07) is 21.1. The molecule has 0 fully saturated rings. The standard InChI is InChI=1S/C21H21N3O/c1-15(2)18-10-6-7-11-19(18)23-17-12-13-20(22-14-17)21(25)24-16-8-4-3-5-9-16/h3-15,23H,1-2H3,(H,24,25). The van der Waals surface area contributed by atoms with Crippen LogP contribution >= 0.6 is 0 Å². The fourth-order valence-electron chi connectivity index (χ4n) is 2.59. The molecule has 0 saturated carbocycles. The summed E-state index contributed by atoms with van der Waals surface area (Å²) in [4.78, 5) is 16.5. The normalized spacial score (nSPS) is 10.5. The molecule has 0 spiro atoms. The van der Waals surface area contributed by atoms with Gasteiger partial charge in [-0.2, -0.15) is 0 Å². The Labute approximate surface area is 147 Å². The molecule has 3 aromatic rings. The van der Waals surface area contributed by atoms with Gasteiger partial charge >= 0.3 is 0 Å². The van der Waals surface area contributed by atoms with Gasteiger partial charge in [-0.1, -0.05) is 50.2 Å². The van der Waals surface area contributed by atoms with Crippen LogP contribution in [0.15, 0.2) is 72.9 Å². The highest BCUT2D eigenvalue weighted by molar-refractivity contribution is 6.02. The van der Waals surface area contributed by atoms with E-state index in [9.17, 15) is 4.79 Å². The van der Waals surface area contributed by atoms with E-state index in [1.165, 1.54) is 5.56 Å². The van der Waals surface area contributed by atoms with Crippen molar-refractivity contribution < 1.29 is 4.79 Å². The van der Waals surface area contributed by atoms with Crippen molar-refractivity contribution in [2.45, 2.75) is 19.8 Å². The van der Waals surface area contributed by atoms with Crippen LogP contribution in [-0.4, -0.2) is 10.9 Å². The number of anilines is 3. The SMILES string of the molecule is CC(C)c1ccccc1Nc1ccc(C(=O)Nc2ccccc2)nc1. The highest BCUT2D eigenvalue weighted by Crippen LogP contribution is 2.26. The zero-order valence-electron chi connectivity index (χ0n) is 14.4. The summed E-state index contributed by atoms with van der Waals surface area (Å²) >= 11 is 0. The maximum absolute atomic E-state index is 12.2. The number of para-hydroxylation sites is 2. The molecule has 4 heteroatoms. The van der Waals surface area contributed by atoms with Crippen LogP contribution in [0.25, 0.3) is 0 Å². The molecule has 0 atom stereocenters. The van der Waals surface area contributed by atoms with Gasteiger partial charge in [-0.3, -0.25) is 4.79 Å². The van der Waals surface area contributed by atoms with Gasteiger partial charge in [-0.25, -0.2) is 4.98 Å². The summed E-state index contributed by atoms with van der Waals surface area (Å²) < 4.78 is 0. The Morgan fingerprint density at radius 3 is 2.28 bits per heavy atom. The monoisotopic (exact) mass is 331 g/mol. The number of rotatable bonds is 5. The summed E-state index contributed by atoms with van der Waals surface area (Å²) in [7, 11) is 0. The summed E-state index contributed by atoms with van der Waals surface area (Å²) in [5, 5.41) is 6.21. The minimum Gasteiger partial charge on any atom is -0.354 e. The number of pyridine rings is 1. The third-order valence-corrected chi connectivity index (χ3v) is 3.89. The van der Waals surface area contributed by atoms with E-state index in [0.717, 1.165) is 17.1 Å². The van der Waals surface area contributed by atoms with Crippen LogP contribution in [0.5, 0.6) is 0 Å². The van der Waals surface area contributed by atoms with Gasteiger partial charge in [0, 0.05) is 11.4 Å². The lowest BCUT2D eigenvalue weighted by molar-refractivity contribution is 0.102. The molecule has 2 N–H and O–H groups in total. The number of benzene rings is 2. The third kappa shape index (κ3) is 4.23. The minimum absolute atomic E-state index is 0.222. The fourth-order valence-corrected chi connectivity index (χ4v) is 2.59. The Bertz CT molecular complexity index is 843. The number of hydrogen-bond acceptors (Lipinski definition) is 3. The number of nitrogens with zero attached hydrogens (tertiary/aromatic N) is 1. The fraction of sp³-hybridized carbons (Fsp3) is 0.143. The maximum Gasteiger partial charge on any atom is 0.274 e. The second kappa shape index (κ2) is 7.62. The van der Waals surface area contributed by atoms with E-state index >= 15 is 0 Å². The van der Waals surface area contributed by atoms with Gasteiger partial charge in [-0.15, -0.1) is 0 Å². The van der Waals surface area contributed by atoms with Crippen molar-refractivity contribution in [2.24, 2.45) is 0 Å². The van der Waals surface area contributed by atoms with Crippen LogP contribution in [0.4, 0.5) is 17.1 Å². The van der Waals surface area contributed by atoms with Crippen LogP contribution in [-0.2, 0) is 0 Å². The number of amides is 1. The van der Waals surface area contributed by atoms with Gasteiger partial charge < -0.3 is 10.6 Å². The van der Waals surface area contributed by atoms with Crippen LogP contribution < -0.4 is 10.6 Å². The second-order valence-corrected chi connectivity index (χ2v) is 6.12. The van der Waals surface area contributed by atoms with Crippen molar-refractivity contribution in [3.8, 4) is 0 Å².